The van der Waals surface area contributed by atoms with Crippen LogP contribution in [0.5, 0.6) is 11.5 Å². The number of primary sulfonamides is 1. The number of fused-ring (bicyclic) bond motifs is 2. The second-order valence-electron chi connectivity index (χ2n) is 8.20. The topological polar surface area (TPSA) is 141 Å². The molecule has 5 rings (SSSR count). The zero-order chi connectivity index (χ0) is 26.0. The van der Waals surface area contributed by atoms with Crippen molar-refractivity contribution in [3.8, 4) is 11.5 Å². The zero-order valence-corrected chi connectivity index (χ0v) is 20.9. The van der Waals surface area contributed by atoms with Crippen LogP contribution in [-0.2, 0) is 16.6 Å². The van der Waals surface area contributed by atoms with Crippen molar-refractivity contribution in [3.05, 3.63) is 78.5 Å². The maximum absolute atomic E-state index is 11.6. The summed E-state index contributed by atoms with van der Waals surface area (Å²) in [6, 6.07) is 19.7. The van der Waals surface area contributed by atoms with Crippen LogP contribution in [0.2, 0.25) is 0 Å². The lowest BCUT2D eigenvalue weighted by Crippen LogP contribution is -2.12. The summed E-state index contributed by atoms with van der Waals surface area (Å²) in [5, 5.41) is 13.5. The maximum Gasteiger partial charge on any atom is 0.238 e. The van der Waals surface area contributed by atoms with Crippen LogP contribution in [0.3, 0.4) is 0 Å². The van der Waals surface area contributed by atoms with Crippen molar-refractivity contribution in [2.45, 2.75) is 11.4 Å². The Morgan fingerprint density at radius 3 is 2.38 bits per heavy atom. The molecular weight excluding hydrogens is 492 g/mol. The van der Waals surface area contributed by atoms with Crippen LogP contribution >= 0.6 is 0 Å². The number of ether oxygens (including phenoxy) is 2. The minimum atomic E-state index is -3.76. The average Bonchev–Trinajstić information content (AvgIpc) is 2.90. The highest BCUT2D eigenvalue weighted by Gasteiger charge is 2.14. The molecule has 5 aromatic rings. The zero-order valence-electron chi connectivity index (χ0n) is 20.1. The molecule has 10 nitrogen and oxygen atoms in total. The number of aromatic nitrogens is 3. The number of hydrogen-bond acceptors (Lipinski definition) is 9. The van der Waals surface area contributed by atoms with Crippen LogP contribution in [0.4, 0.5) is 17.5 Å². The lowest BCUT2D eigenvalue weighted by Gasteiger charge is -2.15. The normalized spacial score (nSPS) is 11.4. The SMILES string of the molecule is COc1cc2nc(Nc3ccc4cccnc4c3)nc(NCc3ccc(S(N)(=O)=O)cc3)c2cc1OC. The summed E-state index contributed by atoms with van der Waals surface area (Å²) in [5.74, 6) is 2.02. The van der Waals surface area contributed by atoms with Gasteiger partial charge in [0.25, 0.3) is 0 Å². The predicted octanol–water partition coefficient (Wildman–Crippen LogP) is 4.20. The molecule has 4 N–H and O–H groups in total. The minimum Gasteiger partial charge on any atom is -0.493 e. The third-order valence-corrected chi connectivity index (χ3v) is 6.70. The molecule has 0 amide bonds. The number of rotatable bonds is 8. The van der Waals surface area contributed by atoms with Crippen molar-refractivity contribution in [1.82, 2.24) is 15.0 Å². The van der Waals surface area contributed by atoms with E-state index in [9.17, 15) is 8.42 Å². The van der Waals surface area contributed by atoms with Crippen LogP contribution in [-0.4, -0.2) is 37.6 Å². The van der Waals surface area contributed by atoms with E-state index in [1.54, 1.807) is 38.6 Å². The van der Waals surface area contributed by atoms with Gasteiger partial charge in [0.05, 0.1) is 30.1 Å². The number of nitrogens with one attached hydrogen (secondary N) is 2. The van der Waals surface area contributed by atoms with E-state index in [0.717, 1.165) is 27.5 Å². The molecule has 0 atom stereocenters. The number of pyridine rings is 1. The van der Waals surface area contributed by atoms with Gasteiger partial charge in [0, 0.05) is 35.3 Å². The summed E-state index contributed by atoms with van der Waals surface area (Å²) < 4.78 is 34.0. The molecule has 0 fully saturated rings. The molecular formula is C26H24N6O4S. The second-order valence-corrected chi connectivity index (χ2v) is 9.76. The molecule has 3 aromatic carbocycles. The molecule has 0 aliphatic carbocycles. The number of sulfonamides is 1. The molecule has 0 unspecified atom stereocenters. The Bertz CT molecular complexity index is 1710. The Balaban J connectivity index is 1.51. The summed E-state index contributed by atoms with van der Waals surface area (Å²) in [7, 11) is -0.629. The molecule has 0 bridgehead atoms. The first kappa shape index (κ1) is 24.2. The lowest BCUT2D eigenvalue weighted by atomic mass is 10.2. The highest BCUT2D eigenvalue weighted by molar-refractivity contribution is 7.89. The van der Waals surface area contributed by atoms with E-state index in [4.69, 9.17) is 24.6 Å². The first-order valence-electron chi connectivity index (χ1n) is 11.3. The van der Waals surface area contributed by atoms with Gasteiger partial charge in [-0.3, -0.25) is 4.98 Å². The molecule has 0 spiro atoms. The standard InChI is InChI=1S/C26H24N6O4S/c1-35-23-13-20-22(14-24(23)36-2)31-26(30-18-8-7-17-4-3-11-28-21(17)12-18)32-25(20)29-15-16-5-9-19(10-6-16)37(27,33)34/h3-14H,15H2,1-2H3,(H2,27,33,34)(H2,29,30,31,32). The van der Waals surface area contributed by atoms with Crippen LogP contribution in [0.1, 0.15) is 5.56 Å². The predicted molar refractivity (Wildman–Crippen MR) is 143 cm³/mol. The quantitative estimate of drug-likeness (QED) is 0.277. The van der Waals surface area contributed by atoms with Gasteiger partial charge in [-0.25, -0.2) is 18.5 Å². The molecule has 0 saturated carbocycles. The van der Waals surface area contributed by atoms with Gasteiger partial charge in [-0.1, -0.05) is 24.3 Å². The van der Waals surface area contributed by atoms with Gasteiger partial charge in [0.1, 0.15) is 5.82 Å². The number of hydrogen-bond donors (Lipinski definition) is 3. The monoisotopic (exact) mass is 516 g/mol. The number of nitrogens with zero attached hydrogens (tertiary/aromatic N) is 3. The van der Waals surface area contributed by atoms with E-state index < -0.39 is 10.0 Å². The van der Waals surface area contributed by atoms with Crippen molar-refractivity contribution >= 4 is 49.3 Å². The summed E-state index contributed by atoms with van der Waals surface area (Å²) in [5.41, 5.74) is 3.12. The largest absolute Gasteiger partial charge is 0.493 e. The van der Waals surface area contributed by atoms with E-state index in [1.807, 2.05) is 36.4 Å². The number of anilines is 3. The first-order valence-corrected chi connectivity index (χ1v) is 12.8. The van der Waals surface area contributed by atoms with Crippen LogP contribution in [0, 0.1) is 0 Å². The summed E-state index contributed by atoms with van der Waals surface area (Å²) in [6.45, 7) is 0.380. The van der Waals surface area contributed by atoms with Crippen molar-refractivity contribution in [2.24, 2.45) is 5.14 Å². The van der Waals surface area contributed by atoms with Gasteiger partial charge in [-0.15, -0.1) is 0 Å². The van der Waals surface area contributed by atoms with E-state index >= 15 is 0 Å². The fraction of sp³-hybridized carbons (Fsp3) is 0.115. The van der Waals surface area contributed by atoms with Crippen molar-refractivity contribution < 1.29 is 17.9 Å². The summed E-state index contributed by atoms with van der Waals surface area (Å²) in [6.07, 6.45) is 1.75. The van der Waals surface area contributed by atoms with Crippen LogP contribution in [0.15, 0.2) is 77.8 Å². The fourth-order valence-corrected chi connectivity index (χ4v) is 4.42. The van der Waals surface area contributed by atoms with Gasteiger partial charge in [0.15, 0.2) is 11.5 Å². The van der Waals surface area contributed by atoms with Gasteiger partial charge in [0.2, 0.25) is 16.0 Å². The Hall–Kier alpha value is -4.48. The molecule has 2 heterocycles. The molecule has 0 aliphatic rings. The molecule has 0 radical (unpaired) electrons. The molecule has 11 heteroatoms. The third-order valence-electron chi connectivity index (χ3n) is 5.77. The molecule has 0 aliphatic heterocycles. The number of methoxy groups -OCH3 is 2. The molecule has 0 saturated heterocycles. The highest BCUT2D eigenvalue weighted by atomic mass is 32.2. The lowest BCUT2D eigenvalue weighted by molar-refractivity contribution is 0.356. The Morgan fingerprint density at radius 2 is 1.65 bits per heavy atom. The number of nitrogens with two attached hydrogens (primary N) is 1. The van der Waals surface area contributed by atoms with Gasteiger partial charge in [-0.2, -0.15) is 4.98 Å². The maximum atomic E-state index is 11.6. The van der Waals surface area contributed by atoms with Crippen molar-refractivity contribution in [2.75, 3.05) is 24.9 Å². The van der Waals surface area contributed by atoms with Crippen molar-refractivity contribution in [3.63, 3.8) is 0 Å². The van der Waals surface area contributed by atoms with Crippen LogP contribution in [0.25, 0.3) is 21.8 Å². The third kappa shape index (κ3) is 5.22. The van der Waals surface area contributed by atoms with E-state index in [-0.39, 0.29) is 4.90 Å². The Labute approximate surface area is 213 Å². The molecule has 2 aromatic heterocycles. The Kier molecular flexibility index (Phi) is 6.47. The van der Waals surface area contributed by atoms with Gasteiger partial charge < -0.3 is 20.1 Å². The fourth-order valence-electron chi connectivity index (χ4n) is 3.90. The van der Waals surface area contributed by atoms with E-state index in [1.165, 1.54) is 12.1 Å². The summed E-state index contributed by atoms with van der Waals surface area (Å²) >= 11 is 0. The van der Waals surface area contributed by atoms with E-state index in [2.05, 4.69) is 15.6 Å². The van der Waals surface area contributed by atoms with Gasteiger partial charge >= 0.3 is 0 Å². The highest BCUT2D eigenvalue weighted by Crippen LogP contribution is 2.35. The van der Waals surface area contributed by atoms with E-state index in [0.29, 0.717) is 35.3 Å². The van der Waals surface area contributed by atoms with Crippen LogP contribution < -0.4 is 25.2 Å². The second kappa shape index (κ2) is 9.88. The smallest absolute Gasteiger partial charge is 0.238 e. The van der Waals surface area contributed by atoms with Crippen molar-refractivity contribution in [1.29, 1.82) is 0 Å². The molecule has 188 valence electrons. The number of benzene rings is 3. The van der Waals surface area contributed by atoms with Gasteiger partial charge in [-0.05, 0) is 42.0 Å². The summed E-state index contributed by atoms with van der Waals surface area (Å²) in [4.78, 5) is 13.9. The first-order chi connectivity index (χ1) is 17.8. The Morgan fingerprint density at radius 1 is 0.892 bits per heavy atom. The molecule has 37 heavy (non-hydrogen) atoms. The minimum absolute atomic E-state index is 0.0527. The average molecular weight is 517 g/mol.